The van der Waals surface area contributed by atoms with Gasteiger partial charge in [0.05, 0.1) is 17.3 Å². The Morgan fingerprint density at radius 2 is 1.96 bits per heavy atom. The molecule has 0 radical (unpaired) electrons. The molecule has 0 saturated carbocycles. The summed E-state index contributed by atoms with van der Waals surface area (Å²) in [7, 11) is 1.52. The number of carboxylic acids is 1. The van der Waals surface area contributed by atoms with Crippen LogP contribution in [0.5, 0.6) is 5.75 Å². The average Bonchev–Trinajstić information content (AvgIpc) is 2.93. The van der Waals surface area contributed by atoms with Crippen LogP contribution in [0.25, 0.3) is 10.2 Å². The van der Waals surface area contributed by atoms with Crippen molar-refractivity contribution in [2.24, 2.45) is 4.99 Å². The lowest BCUT2D eigenvalue weighted by atomic mass is 10.2. The average molecular weight is 360 g/mol. The molecule has 1 amide bonds. The lowest BCUT2D eigenvalue weighted by Crippen LogP contribution is -2.21. The zero-order chi connectivity index (χ0) is 18.0. The molecule has 0 spiro atoms. The predicted molar refractivity (Wildman–Crippen MR) is 90.3 cm³/mol. The third-order valence-electron chi connectivity index (χ3n) is 3.48. The highest BCUT2D eigenvalue weighted by Gasteiger charge is 2.14. The quantitative estimate of drug-likeness (QED) is 0.776. The standard InChI is InChI=1S/C17H13FN2O4S/c1-24-11-7-5-10(6-8-11)16(23)19-17-20(9-14(21)22)15-12(18)3-2-4-13(15)25-17/h2-8H,9H2,1H3,(H,21,22). The third-order valence-corrected chi connectivity index (χ3v) is 4.52. The van der Waals surface area contributed by atoms with Gasteiger partial charge in [-0.15, -0.1) is 0 Å². The van der Waals surface area contributed by atoms with Gasteiger partial charge in [0, 0.05) is 5.56 Å². The van der Waals surface area contributed by atoms with Crippen molar-refractivity contribution in [2.75, 3.05) is 7.11 Å². The maximum absolute atomic E-state index is 14.1. The minimum Gasteiger partial charge on any atom is -0.497 e. The summed E-state index contributed by atoms with van der Waals surface area (Å²) in [6.07, 6.45) is 0. The largest absolute Gasteiger partial charge is 0.497 e. The number of halogens is 1. The zero-order valence-electron chi connectivity index (χ0n) is 13.1. The van der Waals surface area contributed by atoms with Crippen LogP contribution in [0.4, 0.5) is 4.39 Å². The van der Waals surface area contributed by atoms with Gasteiger partial charge in [0.1, 0.15) is 18.1 Å². The topological polar surface area (TPSA) is 80.9 Å². The highest BCUT2D eigenvalue weighted by molar-refractivity contribution is 7.16. The summed E-state index contributed by atoms with van der Waals surface area (Å²) < 4.78 is 20.8. The fraction of sp³-hybridized carbons (Fsp3) is 0.118. The van der Waals surface area contributed by atoms with Crippen LogP contribution in [0.3, 0.4) is 0 Å². The molecule has 128 valence electrons. The minimum atomic E-state index is -1.15. The zero-order valence-corrected chi connectivity index (χ0v) is 13.9. The molecule has 6 nitrogen and oxygen atoms in total. The summed E-state index contributed by atoms with van der Waals surface area (Å²) >= 11 is 1.06. The molecule has 1 aromatic heterocycles. The molecular weight excluding hydrogens is 347 g/mol. The molecule has 0 atom stereocenters. The van der Waals surface area contributed by atoms with Crippen molar-refractivity contribution in [1.29, 1.82) is 0 Å². The minimum absolute atomic E-state index is 0.121. The molecule has 0 aliphatic heterocycles. The molecular formula is C17H13FN2O4S. The molecule has 25 heavy (non-hydrogen) atoms. The van der Waals surface area contributed by atoms with Crippen LogP contribution >= 0.6 is 11.3 Å². The van der Waals surface area contributed by atoms with Crippen LogP contribution in [-0.2, 0) is 11.3 Å². The lowest BCUT2D eigenvalue weighted by Gasteiger charge is -2.02. The number of aromatic nitrogens is 1. The summed E-state index contributed by atoms with van der Waals surface area (Å²) in [5, 5.41) is 9.09. The van der Waals surface area contributed by atoms with Gasteiger partial charge in [0.25, 0.3) is 5.91 Å². The number of ether oxygens (including phenoxy) is 1. The van der Waals surface area contributed by atoms with Gasteiger partial charge in [-0.25, -0.2) is 4.39 Å². The smallest absolute Gasteiger partial charge is 0.323 e. The van der Waals surface area contributed by atoms with Crippen LogP contribution in [-0.4, -0.2) is 28.7 Å². The molecule has 0 bridgehead atoms. The number of hydrogen-bond donors (Lipinski definition) is 1. The number of carbonyl (C=O) groups excluding carboxylic acids is 1. The predicted octanol–water partition coefficient (Wildman–Crippen LogP) is 2.68. The summed E-state index contributed by atoms with van der Waals surface area (Å²) in [4.78, 5) is 27.6. The van der Waals surface area contributed by atoms with Crippen molar-refractivity contribution in [3.8, 4) is 5.75 Å². The normalized spacial score (nSPS) is 11.7. The second kappa shape index (κ2) is 6.86. The third kappa shape index (κ3) is 3.43. The van der Waals surface area contributed by atoms with Gasteiger partial charge in [-0.2, -0.15) is 4.99 Å². The van der Waals surface area contributed by atoms with E-state index in [2.05, 4.69) is 4.99 Å². The Morgan fingerprint density at radius 1 is 1.24 bits per heavy atom. The fourth-order valence-electron chi connectivity index (χ4n) is 2.34. The first-order chi connectivity index (χ1) is 12.0. The van der Waals surface area contributed by atoms with Gasteiger partial charge >= 0.3 is 5.97 Å². The summed E-state index contributed by atoms with van der Waals surface area (Å²) in [6.45, 7) is -0.490. The second-order valence-electron chi connectivity index (χ2n) is 5.10. The molecule has 0 saturated heterocycles. The number of aliphatic carboxylic acids is 1. The number of carboxylic acid groups (broad SMARTS) is 1. The van der Waals surface area contributed by atoms with Crippen molar-refractivity contribution in [3.05, 3.63) is 58.6 Å². The summed E-state index contributed by atoms with van der Waals surface area (Å²) in [5.74, 6) is -1.66. The fourth-order valence-corrected chi connectivity index (χ4v) is 3.38. The van der Waals surface area contributed by atoms with Crippen molar-refractivity contribution in [2.45, 2.75) is 6.54 Å². The van der Waals surface area contributed by atoms with Gasteiger partial charge in [0.2, 0.25) is 0 Å². The molecule has 0 fully saturated rings. The molecule has 3 aromatic rings. The molecule has 8 heteroatoms. The Balaban J connectivity index is 2.12. The first-order valence-corrected chi connectivity index (χ1v) is 8.04. The van der Waals surface area contributed by atoms with E-state index >= 15 is 0 Å². The van der Waals surface area contributed by atoms with Crippen molar-refractivity contribution >= 4 is 33.4 Å². The number of benzene rings is 2. The van der Waals surface area contributed by atoms with Crippen molar-refractivity contribution in [1.82, 2.24) is 4.57 Å². The molecule has 0 aliphatic carbocycles. The summed E-state index contributed by atoms with van der Waals surface area (Å²) in [5.41, 5.74) is 0.441. The number of hydrogen-bond acceptors (Lipinski definition) is 4. The van der Waals surface area contributed by atoms with Gasteiger partial charge in [0.15, 0.2) is 4.80 Å². The molecule has 0 unspecified atom stereocenters. The van der Waals surface area contributed by atoms with Gasteiger partial charge < -0.3 is 14.4 Å². The van der Waals surface area contributed by atoms with E-state index in [1.807, 2.05) is 0 Å². The van der Waals surface area contributed by atoms with E-state index in [1.54, 1.807) is 30.3 Å². The molecule has 3 rings (SSSR count). The highest BCUT2D eigenvalue weighted by atomic mass is 32.1. The molecule has 1 heterocycles. The Kier molecular flexibility index (Phi) is 4.62. The SMILES string of the molecule is COc1ccc(C(=O)N=c2sc3cccc(F)c3n2CC(=O)O)cc1. The van der Waals surface area contributed by atoms with Crippen LogP contribution in [0.2, 0.25) is 0 Å². The van der Waals surface area contributed by atoms with E-state index in [4.69, 9.17) is 9.84 Å². The van der Waals surface area contributed by atoms with E-state index in [0.717, 1.165) is 11.3 Å². The number of nitrogens with zero attached hydrogens (tertiary/aromatic N) is 2. The number of carbonyl (C=O) groups is 2. The summed E-state index contributed by atoms with van der Waals surface area (Å²) in [6, 6.07) is 10.8. The number of fused-ring (bicyclic) bond motifs is 1. The van der Waals surface area contributed by atoms with E-state index in [1.165, 1.54) is 23.8 Å². The van der Waals surface area contributed by atoms with Gasteiger partial charge in [-0.3, -0.25) is 9.59 Å². The maximum Gasteiger partial charge on any atom is 0.323 e. The number of para-hydroxylation sites is 1. The second-order valence-corrected chi connectivity index (χ2v) is 6.11. The Hall–Kier alpha value is -3.00. The molecule has 0 aliphatic rings. The van der Waals surface area contributed by atoms with Gasteiger partial charge in [-0.05, 0) is 36.4 Å². The Labute approximate surface area is 145 Å². The number of rotatable bonds is 4. The first kappa shape index (κ1) is 16.8. The van der Waals surface area contributed by atoms with E-state index in [-0.39, 0.29) is 10.3 Å². The molecule has 2 aromatic carbocycles. The van der Waals surface area contributed by atoms with Crippen molar-refractivity contribution < 1.29 is 23.8 Å². The lowest BCUT2D eigenvalue weighted by molar-refractivity contribution is -0.137. The Bertz CT molecular complexity index is 1020. The monoisotopic (exact) mass is 360 g/mol. The van der Waals surface area contributed by atoms with Crippen LogP contribution < -0.4 is 9.54 Å². The van der Waals surface area contributed by atoms with Crippen molar-refractivity contribution in [3.63, 3.8) is 0 Å². The van der Waals surface area contributed by atoms with E-state index < -0.39 is 24.2 Å². The van der Waals surface area contributed by atoms with Gasteiger partial charge in [-0.1, -0.05) is 17.4 Å². The number of amides is 1. The maximum atomic E-state index is 14.1. The van der Waals surface area contributed by atoms with E-state index in [9.17, 15) is 14.0 Å². The number of methoxy groups -OCH3 is 1. The van der Waals surface area contributed by atoms with Crippen LogP contribution in [0, 0.1) is 5.82 Å². The highest BCUT2D eigenvalue weighted by Crippen LogP contribution is 2.20. The van der Waals surface area contributed by atoms with Crippen LogP contribution in [0.1, 0.15) is 10.4 Å². The van der Waals surface area contributed by atoms with E-state index in [0.29, 0.717) is 16.0 Å². The molecule has 1 N–H and O–H groups in total. The Morgan fingerprint density at radius 3 is 2.60 bits per heavy atom. The number of thiazole rings is 1. The first-order valence-electron chi connectivity index (χ1n) is 7.22. The van der Waals surface area contributed by atoms with Crippen LogP contribution in [0.15, 0.2) is 47.5 Å².